The Morgan fingerprint density at radius 3 is 1.46 bits per heavy atom. The predicted molar refractivity (Wildman–Crippen MR) is 246 cm³/mol. The lowest BCUT2D eigenvalue weighted by molar-refractivity contribution is 0.139. The van der Waals surface area contributed by atoms with Gasteiger partial charge in [-0.1, -0.05) is 6.92 Å². The molecule has 0 aromatic rings. The molecule has 0 spiro atoms. The molecule has 0 radical (unpaired) electrons. The molecule has 342 valence electrons. The van der Waals surface area contributed by atoms with Gasteiger partial charge in [0, 0.05) is 129 Å². The normalized spacial score (nSPS) is 29.2. The molecule has 7 fully saturated rings. The summed E-state index contributed by atoms with van der Waals surface area (Å²) >= 11 is 0. The SMILES string of the molecule is C1CNCCNC1.CC1CNCC(C)N1.CCN1CCCNCC1.CN1CCCNCC1.COCCN1CCNCC1.NC1CCC(N)CC1.NC1CCCNC1. The molecule has 15 nitrogen and oxygen atoms in total. The van der Waals surface area contributed by atoms with Crippen molar-refractivity contribution in [3.63, 3.8) is 0 Å². The minimum Gasteiger partial charge on any atom is -0.383 e. The Labute approximate surface area is 352 Å². The maximum Gasteiger partial charge on any atom is 0.0589 e. The first-order valence-electron chi connectivity index (χ1n) is 23.3. The average Bonchev–Trinajstić information content (AvgIpc) is 3.79. The predicted octanol–water partition coefficient (Wildman–Crippen LogP) is -0.811. The van der Waals surface area contributed by atoms with Crippen LogP contribution in [0.25, 0.3) is 0 Å². The first kappa shape index (κ1) is 54.4. The van der Waals surface area contributed by atoms with Gasteiger partial charge < -0.3 is 74.3 Å². The largest absolute Gasteiger partial charge is 0.383 e. The van der Waals surface area contributed by atoms with Crippen LogP contribution in [0.5, 0.6) is 0 Å². The smallest absolute Gasteiger partial charge is 0.0589 e. The zero-order chi connectivity index (χ0) is 41.6. The molecule has 14 N–H and O–H groups in total. The number of piperidine rings is 1. The Kier molecular flexibility index (Phi) is 37.7. The third-order valence-electron chi connectivity index (χ3n) is 11.1. The van der Waals surface area contributed by atoms with E-state index in [2.05, 4.69) is 85.1 Å². The number of nitrogens with one attached hydrogen (secondary N) is 8. The number of hydrogen-bond acceptors (Lipinski definition) is 15. The standard InChI is InChI=1S/C7H16N2O.C7H16N2.3C6H14N2.2C5H12N2/c1-10-7-6-9-4-2-8-3-5-9;1-2-9-6-3-4-8-5-7-9;1-5-3-7-4-6(2)8-5;1-8-5-2-3-7-4-6-8;7-5-1-2-6(8)4-3-5;1-2-6-4-5-7-3-1;6-5-2-1-3-7-4-5/h8H,2-7H2,1H3;8H,2-7H2,1H3;5-8H,3-4H2,1-2H3;7H,2-6H2,1H3;5-6H,1-4,7-8H2;6-7H,1-5H2;5,7H,1-4,6H2. The highest BCUT2D eigenvalue weighted by molar-refractivity contribution is 4.77. The first-order chi connectivity index (χ1) is 27.7. The number of likely N-dealkylation sites (N-methyl/N-ethyl adjacent to an activating group) is 2. The fourth-order valence-corrected chi connectivity index (χ4v) is 7.26. The fourth-order valence-electron chi connectivity index (χ4n) is 7.26. The zero-order valence-corrected chi connectivity index (χ0v) is 38.0. The summed E-state index contributed by atoms with van der Waals surface area (Å²) in [5, 5.41) is 26.5. The number of nitrogens with zero attached hydrogens (tertiary/aromatic N) is 3. The van der Waals surface area contributed by atoms with E-state index in [9.17, 15) is 0 Å². The van der Waals surface area contributed by atoms with E-state index in [1.165, 1.54) is 111 Å². The van der Waals surface area contributed by atoms with Crippen LogP contribution in [0.1, 0.15) is 78.6 Å². The van der Waals surface area contributed by atoms with E-state index < -0.39 is 0 Å². The molecule has 1 aliphatic carbocycles. The van der Waals surface area contributed by atoms with Crippen LogP contribution in [0.2, 0.25) is 0 Å². The quantitative estimate of drug-likeness (QED) is 0.169. The van der Waals surface area contributed by atoms with Gasteiger partial charge in [-0.3, -0.25) is 4.90 Å². The molecule has 15 heteroatoms. The molecule has 6 heterocycles. The van der Waals surface area contributed by atoms with Gasteiger partial charge in [0.05, 0.1) is 6.61 Å². The lowest BCUT2D eigenvalue weighted by Crippen LogP contribution is -2.52. The third-order valence-corrected chi connectivity index (χ3v) is 11.1. The van der Waals surface area contributed by atoms with Crippen molar-refractivity contribution >= 4 is 0 Å². The van der Waals surface area contributed by atoms with Crippen LogP contribution in [0.15, 0.2) is 0 Å². The maximum atomic E-state index is 5.64. The summed E-state index contributed by atoms with van der Waals surface area (Å²) in [4.78, 5) is 7.26. The Morgan fingerprint density at radius 2 is 0.982 bits per heavy atom. The number of rotatable bonds is 4. The molecular weight excluding hydrogens is 717 g/mol. The van der Waals surface area contributed by atoms with Gasteiger partial charge in [-0.15, -0.1) is 0 Å². The summed E-state index contributed by atoms with van der Waals surface area (Å²) in [5.74, 6) is 0. The van der Waals surface area contributed by atoms with Gasteiger partial charge in [0.2, 0.25) is 0 Å². The van der Waals surface area contributed by atoms with Crippen LogP contribution in [0, 0.1) is 0 Å². The monoisotopic (exact) mass is 815 g/mol. The van der Waals surface area contributed by atoms with Crippen molar-refractivity contribution < 1.29 is 4.74 Å². The van der Waals surface area contributed by atoms with Crippen LogP contribution in [0.4, 0.5) is 0 Å². The Bertz CT molecular complexity index is 762. The highest BCUT2D eigenvalue weighted by Gasteiger charge is 2.14. The van der Waals surface area contributed by atoms with E-state index in [0.29, 0.717) is 30.2 Å². The van der Waals surface area contributed by atoms with E-state index in [0.717, 1.165) is 97.7 Å². The number of ether oxygens (including phenoxy) is 1. The molecule has 7 rings (SSSR count). The van der Waals surface area contributed by atoms with Gasteiger partial charge >= 0.3 is 0 Å². The molecule has 7 aliphatic rings. The van der Waals surface area contributed by atoms with Crippen molar-refractivity contribution in [1.29, 1.82) is 0 Å². The zero-order valence-electron chi connectivity index (χ0n) is 38.0. The summed E-state index contributed by atoms with van der Waals surface area (Å²) < 4.78 is 4.98. The number of methoxy groups -OCH3 is 1. The molecule has 6 aliphatic heterocycles. The summed E-state index contributed by atoms with van der Waals surface area (Å²) in [6.45, 7) is 33.2. The van der Waals surface area contributed by atoms with E-state index in [4.69, 9.17) is 21.9 Å². The summed E-state index contributed by atoms with van der Waals surface area (Å²) in [5.41, 5.74) is 16.9. The second-order valence-electron chi connectivity index (χ2n) is 16.8. The Hall–Kier alpha value is -0.600. The second-order valence-corrected chi connectivity index (χ2v) is 16.8. The van der Waals surface area contributed by atoms with E-state index in [1.807, 2.05) is 0 Å². The Morgan fingerprint density at radius 1 is 0.491 bits per heavy atom. The van der Waals surface area contributed by atoms with E-state index in [1.54, 1.807) is 7.11 Å². The van der Waals surface area contributed by atoms with Gasteiger partial charge in [0.15, 0.2) is 0 Å². The van der Waals surface area contributed by atoms with Crippen molar-refractivity contribution in [2.24, 2.45) is 17.2 Å². The molecule has 3 unspecified atom stereocenters. The lowest BCUT2D eigenvalue weighted by Gasteiger charge is -2.26. The summed E-state index contributed by atoms with van der Waals surface area (Å²) in [7, 11) is 3.93. The summed E-state index contributed by atoms with van der Waals surface area (Å²) in [6.07, 6.45) is 10.9. The van der Waals surface area contributed by atoms with Crippen molar-refractivity contribution in [3.8, 4) is 0 Å². The molecule has 1 saturated carbocycles. The molecule has 3 atom stereocenters. The molecule has 0 bridgehead atoms. The van der Waals surface area contributed by atoms with Crippen molar-refractivity contribution in [2.75, 3.05) is 165 Å². The molecule has 6 saturated heterocycles. The minimum atomic E-state index is 0.425. The molecule has 0 aromatic carbocycles. The van der Waals surface area contributed by atoms with Crippen LogP contribution < -0.4 is 59.7 Å². The highest BCUT2D eigenvalue weighted by atomic mass is 16.5. The topological polar surface area (TPSA) is 193 Å². The van der Waals surface area contributed by atoms with Gasteiger partial charge in [-0.25, -0.2) is 0 Å². The number of hydrogen-bond donors (Lipinski definition) is 11. The minimum absolute atomic E-state index is 0.425. The lowest BCUT2D eigenvalue weighted by atomic mass is 9.93. The summed E-state index contributed by atoms with van der Waals surface area (Å²) in [6, 6.07) is 2.61. The van der Waals surface area contributed by atoms with Crippen LogP contribution in [-0.2, 0) is 4.74 Å². The highest BCUT2D eigenvalue weighted by Crippen LogP contribution is 2.14. The van der Waals surface area contributed by atoms with Gasteiger partial charge in [0.25, 0.3) is 0 Å². The van der Waals surface area contributed by atoms with Gasteiger partial charge in [-0.2, -0.15) is 0 Å². The van der Waals surface area contributed by atoms with Gasteiger partial charge in [0.1, 0.15) is 0 Å². The first-order valence-corrected chi connectivity index (χ1v) is 23.3. The number of nitrogens with two attached hydrogens (primary N) is 3. The molecular formula is C42H98N14O. The Balaban J connectivity index is 0.000000333. The van der Waals surface area contributed by atoms with Gasteiger partial charge in [-0.05, 0) is 131 Å². The average molecular weight is 815 g/mol. The number of piperazine rings is 2. The van der Waals surface area contributed by atoms with E-state index in [-0.39, 0.29) is 0 Å². The van der Waals surface area contributed by atoms with Crippen molar-refractivity contribution in [3.05, 3.63) is 0 Å². The van der Waals surface area contributed by atoms with Crippen LogP contribution in [-0.4, -0.2) is 210 Å². The van der Waals surface area contributed by atoms with Crippen molar-refractivity contribution in [2.45, 2.75) is 109 Å². The molecule has 0 amide bonds. The molecule has 57 heavy (non-hydrogen) atoms. The van der Waals surface area contributed by atoms with Crippen molar-refractivity contribution in [1.82, 2.24) is 57.2 Å². The van der Waals surface area contributed by atoms with E-state index >= 15 is 0 Å². The van der Waals surface area contributed by atoms with Crippen LogP contribution >= 0.6 is 0 Å². The van der Waals surface area contributed by atoms with Crippen LogP contribution in [0.3, 0.4) is 0 Å². The maximum absolute atomic E-state index is 5.64. The second kappa shape index (κ2) is 39.5. The molecule has 0 aromatic heterocycles. The third kappa shape index (κ3) is 35.8. The fraction of sp³-hybridized carbons (Fsp3) is 1.00.